The molecule has 0 saturated heterocycles. The average molecular weight is 372 g/mol. The average Bonchev–Trinajstić information content (AvgIpc) is 3.25. The second kappa shape index (κ2) is 7.71. The van der Waals surface area contributed by atoms with Gasteiger partial charge >= 0.3 is 0 Å². The SMILES string of the molecule is COc1ccccc1-c1noc(-c2ccc(NC(=O)c3ccncc3)cc2)n1. The molecule has 0 aliphatic rings. The number of nitrogens with zero attached hydrogens (tertiary/aromatic N) is 3. The van der Waals surface area contributed by atoms with Crippen molar-refractivity contribution in [1.29, 1.82) is 0 Å². The minimum atomic E-state index is -0.202. The zero-order valence-corrected chi connectivity index (χ0v) is 15.0. The maximum atomic E-state index is 12.2. The third-order valence-electron chi connectivity index (χ3n) is 4.11. The Bertz CT molecular complexity index is 1090. The maximum absolute atomic E-state index is 12.2. The van der Waals surface area contributed by atoms with E-state index in [1.807, 2.05) is 36.4 Å². The third kappa shape index (κ3) is 3.59. The molecular formula is C21H16N4O3. The van der Waals surface area contributed by atoms with Gasteiger partial charge in [0.2, 0.25) is 5.82 Å². The molecule has 0 spiro atoms. The number of hydrogen-bond donors (Lipinski definition) is 1. The molecule has 0 bridgehead atoms. The van der Waals surface area contributed by atoms with E-state index in [1.54, 1.807) is 43.8 Å². The summed E-state index contributed by atoms with van der Waals surface area (Å²) in [7, 11) is 1.60. The van der Waals surface area contributed by atoms with E-state index in [2.05, 4.69) is 20.4 Å². The van der Waals surface area contributed by atoms with Crippen molar-refractivity contribution < 1.29 is 14.1 Å². The number of nitrogens with one attached hydrogen (secondary N) is 1. The number of aromatic nitrogens is 3. The summed E-state index contributed by atoms with van der Waals surface area (Å²) in [6, 6.07) is 17.9. The predicted molar refractivity (Wildman–Crippen MR) is 104 cm³/mol. The Labute approximate surface area is 161 Å². The number of rotatable bonds is 5. The minimum Gasteiger partial charge on any atom is -0.496 e. The van der Waals surface area contributed by atoms with E-state index in [0.717, 1.165) is 11.1 Å². The molecule has 2 heterocycles. The lowest BCUT2D eigenvalue weighted by Gasteiger charge is -2.05. The van der Waals surface area contributed by atoms with Crippen LogP contribution in [0.5, 0.6) is 5.75 Å². The minimum absolute atomic E-state index is 0.202. The summed E-state index contributed by atoms with van der Waals surface area (Å²) in [6.07, 6.45) is 3.15. The fourth-order valence-electron chi connectivity index (χ4n) is 2.68. The molecule has 0 atom stereocenters. The zero-order valence-electron chi connectivity index (χ0n) is 15.0. The third-order valence-corrected chi connectivity index (χ3v) is 4.11. The van der Waals surface area contributed by atoms with Gasteiger partial charge in [-0.25, -0.2) is 0 Å². The second-order valence-electron chi connectivity index (χ2n) is 5.89. The van der Waals surface area contributed by atoms with Crippen LogP contribution in [0.4, 0.5) is 5.69 Å². The van der Waals surface area contributed by atoms with Gasteiger partial charge in [-0.3, -0.25) is 9.78 Å². The topological polar surface area (TPSA) is 90.1 Å². The Kier molecular flexibility index (Phi) is 4.79. The summed E-state index contributed by atoms with van der Waals surface area (Å²) in [5, 5.41) is 6.87. The molecule has 28 heavy (non-hydrogen) atoms. The van der Waals surface area contributed by atoms with Crippen molar-refractivity contribution in [3.05, 3.63) is 78.6 Å². The van der Waals surface area contributed by atoms with E-state index < -0.39 is 0 Å². The number of anilines is 1. The van der Waals surface area contributed by atoms with Crippen LogP contribution in [0.3, 0.4) is 0 Å². The standard InChI is InChI=1S/C21H16N4O3/c1-27-18-5-3-2-4-17(18)19-24-21(28-25-19)15-6-8-16(9-7-15)23-20(26)14-10-12-22-13-11-14/h2-13H,1H3,(H,23,26). The van der Waals surface area contributed by atoms with Crippen molar-refractivity contribution in [3.63, 3.8) is 0 Å². The first-order valence-corrected chi connectivity index (χ1v) is 8.53. The van der Waals surface area contributed by atoms with Gasteiger partial charge in [-0.05, 0) is 48.5 Å². The van der Waals surface area contributed by atoms with Gasteiger partial charge < -0.3 is 14.6 Å². The molecule has 0 radical (unpaired) electrons. The monoisotopic (exact) mass is 372 g/mol. The molecule has 1 N–H and O–H groups in total. The number of carbonyl (C=O) groups is 1. The van der Waals surface area contributed by atoms with Crippen molar-refractivity contribution in [2.45, 2.75) is 0 Å². The van der Waals surface area contributed by atoms with Crippen molar-refractivity contribution in [1.82, 2.24) is 15.1 Å². The summed E-state index contributed by atoms with van der Waals surface area (Å²) >= 11 is 0. The molecule has 0 aliphatic carbocycles. The number of pyridine rings is 1. The van der Waals surface area contributed by atoms with E-state index in [1.165, 1.54) is 0 Å². The summed E-state index contributed by atoms with van der Waals surface area (Å²) < 4.78 is 10.7. The lowest BCUT2D eigenvalue weighted by atomic mass is 10.2. The lowest BCUT2D eigenvalue weighted by Crippen LogP contribution is -2.11. The highest BCUT2D eigenvalue weighted by Crippen LogP contribution is 2.29. The van der Waals surface area contributed by atoms with Crippen LogP contribution in [-0.2, 0) is 0 Å². The molecule has 1 amide bonds. The number of methoxy groups -OCH3 is 1. The second-order valence-corrected chi connectivity index (χ2v) is 5.89. The highest BCUT2D eigenvalue weighted by Gasteiger charge is 2.14. The molecule has 7 heteroatoms. The summed E-state index contributed by atoms with van der Waals surface area (Å²) in [6.45, 7) is 0. The molecule has 4 aromatic rings. The number of para-hydroxylation sites is 1. The fourth-order valence-corrected chi connectivity index (χ4v) is 2.68. The van der Waals surface area contributed by atoms with Crippen LogP contribution in [0.1, 0.15) is 10.4 Å². The van der Waals surface area contributed by atoms with Crippen molar-refractivity contribution in [2.75, 3.05) is 12.4 Å². The molecule has 0 saturated carbocycles. The lowest BCUT2D eigenvalue weighted by molar-refractivity contribution is 0.102. The number of benzene rings is 2. The van der Waals surface area contributed by atoms with Gasteiger partial charge in [0.1, 0.15) is 5.75 Å². The maximum Gasteiger partial charge on any atom is 0.258 e. The normalized spacial score (nSPS) is 10.5. The number of carbonyl (C=O) groups excluding carboxylic acids is 1. The van der Waals surface area contributed by atoms with Crippen LogP contribution in [-0.4, -0.2) is 28.1 Å². The Morgan fingerprint density at radius 1 is 1.00 bits per heavy atom. The van der Waals surface area contributed by atoms with Gasteiger partial charge in [0, 0.05) is 29.2 Å². The van der Waals surface area contributed by atoms with Gasteiger partial charge in [-0.1, -0.05) is 17.3 Å². The first-order valence-electron chi connectivity index (χ1n) is 8.53. The molecule has 2 aromatic heterocycles. The zero-order chi connectivity index (χ0) is 19.3. The Balaban J connectivity index is 1.52. The van der Waals surface area contributed by atoms with E-state index in [-0.39, 0.29) is 5.91 Å². The van der Waals surface area contributed by atoms with Crippen LogP contribution in [0.2, 0.25) is 0 Å². The van der Waals surface area contributed by atoms with Crippen LogP contribution in [0.25, 0.3) is 22.8 Å². The quantitative estimate of drug-likeness (QED) is 0.568. The number of amides is 1. The Hall–Kier alpha value is -4.00. The van der Waals surface area contributed by atoms with E-state index in [4.69, 9.17) is 9.26 Å². The van der Waals surface area contributed by atoms with E-state index in [0.29, 0.717) is 28.7 Å². The van der Waals surface area contributed by atoms with Gasteiger partial charge in [0.05, 0.1) is 12.7 Å². The molecule has 138 valence electrons. The van der Waals surface area contributed by atoms with Crippen LogP contribution >= 0.6 is 0 Å². The van der Waals surface area contributed by atoms with Gasteiger partial charge in [0.15, 0.2) is 0 Å². The highest BCUT2D eigenvalue weighted by atomic mass is 16.5. The molecule has 4 rings (SSSR count). The van der Waals surface area contributed by atoms with E-state index >= 15 is 0 Å². The molecule has 7 nitrogen and oxygen atoms in total. The highest BCUT2D eigenvalue weighted by molar-refractivity contribution is 6.04. The number of ether oxygens (including phenoxy) is 1. The van der Waals surface area contributed by atoms with Gasteiger partial charge in [0.25, 0.3) is 11.8 Å². The van der Waals surface area contributed by atoms with Gasteiger partial charge in [-0.15, -0.1) is 0 Å². The Morgan fingerprint density at radius 3 is 2.50 bits per heavy atom. The summed E-state index contributed by atoms with van der Waals surface area (Å²) in [5.74, 6) is 1.30. The molecule has 0 fully saturated rings. The van der Waals surface area contributed by atoms with Crippen LogP contribution in [0, 0.1) is 0 Å². The molecule has 2 aromatic carbocycles. The smallest absolute Gasteiger partial charge is 0.258 e. The summed E-state index contributed by atoms with van der Waals surface area (Å²) in [4.78, 5) is 20.5. The number of hydrogen-bond acceptors (Lipinski definition) is 6. The van der Waals surface area contributed by atoms with Crippen LogP contribution < -0.4 is 10.1 Å². The molecule has 0 aliphatic heterocycles. The first kappa shape index (κ1) is 17.4. The van der Waals surface area contributed by atoms with Crippen molar-refractivity contribution >= 4 is 11.6 Å². The van der Waals surface area contributed by atoms with Crippen molar-refractivity contribution in [2.24, 2.45) is 0 Å². The predicted octanol–water partition coefficient (Wildman–Crippen LogP) is 4.06. The Morgan fingerprint density at radius 2 is 1.75 bits per heavy atom. The summed E-state index contributed by atoms with van der Waals surface area (Å²) in [5.41, 5.74) is 2.70. The molecular weight excluding hydrogens is 356 g/mol. The van der Waals surface area contributed by atoms with Crippen molar-refractivity contribution in [3.8, 4) is 28.6 Å². The fraction of sp³-hybridized carbons (Fsp3) is 0.0476. The largest absolute Gasteiger partial charge is 0.496 e. The molecule has 0 unspecified atom stereocenters. The first-order chi connectivity index (χ1) is 13.7. The van der Waals surface area contributed by atoms with Crippen LogP contribution in [0.15, 0.2) is 77.6 Å². The van der Waals surface area contributed by atoms with E-state index in [9.17, 15) is 4.79 Å². The van der Waals surface area contributed by atoms with Gasteiger partial charge in [-0.2, -0.15) is 4.98 Å².